The Morgan fingerprint density at radius 3 is 2.23 bits per heavy atom. The summed E-state index contributed by atoms with van der Waals surface area (Å²) in [5.41, 5.74) is 8.37. The number of nitrogens with two attached hydrogens (primary N) is 1. The van der Waals surface area contributed by atoms with Crippen LogP contribution in [-0.4, -0.2) is 36.3 Å². The highest BCUT2D eigenvalue weighted by molar-refractivity contribution is 5.67. The molecule has 0 radical (unpaired) electrons. The predicted octanol–water partition coefficient (Wildman–Crippen LogP) is 4.30. The van der Waals surface area contributed by atoms with Crippen LogP contribution in [0.1, 0.15) is 22.7 Å². The Morgan fingerprint density at radius 1 is 0.967 bits per heavy atom. The lowest BCUT2D eigenvalue weighted by Gasteiger charge is -2.30. The third-order valence-electron chi connectivity index (χ3n) is 4.78. The minimum atomic E-state index is -1.03. The van der Waals surface area contributed by atoms with Gasteiger partial charge >= 0.3 is 6.09 Å². The number of hydrogen-bond donors (Lipinski definition) is 2. The van der Waals surface area contributed by atoms with Crippen molar-refractivity contribution in [3.05, 3.63) is 95.6 Å². The Kier molecular flexibility index (Phi) is 7.29. The lowest BCUT2D eigenvalue weighted by atomic mass is 9.96. The van der Waals surface area contributed by atoms with Crippen LogP contribution in [0, 0.1) is 0 Å². The maximum Gasteiger partial charge on any atom is 0.408 e. The van der Waals surface area contributed by atoms with Crippen molar-refractivity contribution in [2.24, 2.45) is 5.73 Å². The van der Waals surface area contributed by atoms with Crippen molar-refractivity contribution >= 4 is 6.09 Å². The molecule has 3 N–H and O–H groups in total. The molecule has 1 amide bonds. The first-order chi connectivity index (χ1) is 14.6. The molecule has 0 fully saturated rings. The highest BCUT2D eigenvalue weighted by atomic mass is 16.5. The summed E-state index contributed by atoms with van der Waals surface area (Å²) >= 11 is 0. The van der Waals surface area contributed by atoms with Gasteiger partial charge in [0.25, 0.3) is 0 Å². The lowest BCUT2D eigenvalue weighted by Crippen LogP contribution is -2.38. The molecule has 30 heavy (non-hydrogen) atoms. The molecule has 6 heteroatoms. The fourth-order valence-corrected chi connectivity index (χ4v) is 3.37. The van der Waals surface area contributed by atoms with Gasteiger partial charge in [-0.25, -0.2) is 4.79 Å². The summed E-state index contributed by atoms with van der Waals surface area (Å²) in [6, 6.07) is 24.3. The van der Waals surface area contributed by atoms with Crippen molar-refractivity contribution in [1.82, 2.24) is 4.90 Å². The molecule has 0 bridgehead atoms. The zero-order valence-electron chi connectivity index (χ0n) is 16.9. The van der Waals surface area contributed by atoms with Gasteiger partial charge in [0.1, 0.15) is 6.61 Å². The van der Waals surface area contributed by atoms with Crippen LogP contribution in [0.2, 0.25) is 0 Å². The second-order valence-electron chi connectivity index (χ2n) is 6.76. The van der Waals surface area contributed by atoms with Gasteiger partial charge in [0, 0.05) is 13.1 Å². The first-order valence-electron chi connectivity index (χ1n) is 9.73. The molecule has 3 aromatic carbocycles. The number of carboxylic acid groups (broad SMARTS) is 1. The SMILES string of the molecule is COc1cc(C(c2ccccc2)N(CCN)C(=O)O)ccc1OCc1ccccc1. The first-order valence-corrected chi connectivity index (χ1v) is 9.73. The standard InChI is InChI=1S/C24H26N2O4/c1-29-22-16-20(12-13-21(22)30-17-18-8-4-2-5-9-18)23(19-10-6-3-7-11-19)26(15-14-25)24(27)28/h2-13,16,23H,14-15,17,25H2,1H3,(H,27,28). The van der Waals surface area contributed by atoms with Gasteiger partial charge < -0.3 is 20.3 Å². The average molecular weight is 406 g/mol. The van der Waals surface area contributed by atoms with Crippen molar-refractivity contribution in [1.29, 1.82) is 0 Å². The van der Waals surface area contributed by atoms with Crippen molar-refractivity contribution in [3.8, 4) is 11.5 Å². The van der Waals surface area contributed by atoms with Gasteiger partial charge in [-0.15, -0.1) is 0 Å². The van der Waals surface area contributed by atoms with Crippen LogP contribution in [0.25, 0.3) is 0 Å². The van der Waals surface area contributed by atoms with E-state index in [0.717, 1.165) is 16.7 Å². The Hall–Kier alpha value is -3.51. The maximum atomic E-state index is 12.0. The van der Waals surface area contributed by atoms with Crippen LogP contribution in [0.4, 0.5) is 4.79 Å². The van der Waals surface area contributed by atoms with Gasteiger partial charge in [-0.05, 0) is 28.8 Å². The second-order valence-corrected chi connectivity index (χ2v) is 6.76. The Bertz CT molecular complexity index is 948. The fourth-order valence-electron chi connectivity index (χ4n) is 3.37. The van der Waals surface area contributed by atoms with Gasteiger partial charge in [0.2, 0.25) is 0 Å². The van der Waals surface area contributed by atoms with Crippen molar-refractivity contribution in [3.63, 3.8) is 0 Å². The molecule has 0 saturated heterocycles. The van der Waals surface area contributed by atoms with E-state index in [4.69, 9.17) is 15.2 Å². The molecule has 1 atom stereocenters. The van der Waals surface area contributed by atoms with E-state index >= 15 is 0 Å². The van der Waals surface area contributed by atoms with Crippen LogP contribution >= 0.6 is 0 Å². The molecule has 3 rings (SSSR count). The minimum Gasteiger partial charge on any atom is -0.493 e. The molecule has 6 nitrogen and oxygen atoms in total. The van der Waals surface area contributed by atoms with Gasteiger partial charge in [-0.3, -0.25) is 4.90 Å². The molecule has 3 aromatic rings. The molecular weight excluding hydrogens is 380 g/mol. The van der Waals surface area contributed by atoms with Crippen molar-refractivity contribution in [2.75, 3.05) is 20.2 Å². The zero-order valence-corrected chi connectivity index (χ0v) is 16.9. The number of rotatable bonds is 9. The summed E-state index contributed by atoms with van der Waals surface area (Å²) in [7, 11) is 1.57. The van der Waals surface area contributed by atoms with E-state index < -0.39 is 12.1 Å². The number of amides is 1. The Labute approximate surface area is 176 Å². The van der Waals surface area contributed by atoms with E-state index in [1.807, 2.05) is 78.9 Å². The molecule has 0 spiro atoms. The Balaban J connectivity index is 1.94. The van der Waals surface area contributed by atoms with Crippen LogP contribution in [0.5, 0.6) is 11.5 Å². The van der Waals surface area contributed by atoms with Crippen LogP contribution in [0.15, 0.2) is 78.9 Å². The maximum absolute atomic E-state index is 12.0. The third kappa shape index (κ3) is 5.10. The highest BCUT2D eigenvalue weighted by Gasteiger charge is 2.27. The molecule has 1 unspecified atom stereocenters. The van der Waals surface area contributed by atoms with Crippen LogP contribution in [-0.2, 0) is 6.61 Å². The summed E-state index contributed by atoms with van der Waals surface area (Å²) in [5, 5.41) is 9.80. The molecule has 0 aliphatic rings. The molecule has 0 aliphatic heterocycles. The number of ether oxygens (including phenoxy) is 2. The fraction of sp³-hybridized carbons (Fsp3) is 0.208. The van der Waals surface area contributed by atoms with Gasteiger partial charge in [0.05, 0.1) is 13.2 Å². The van der Waals surface area contributed by atoms with E-state index in [1.54, 1.807) is 7.11 Å². The normalized spacial score (nSPS) is 11.5. The topological polar surface area (TPSA) is 85.0 Å². The second kappa shape index (κ2) is 10.3. The predicted molar refractivity (Wildman–Crippen MR) is 116 cm³/mol. The van der Waals surface area contributed by atoms with E-state index in [9.17, 15) is 9.90 Å². The van der Waals surface area contributed by atoms with E-state index in [1.165, 1.54) is 4.90 Å². The van der Waals surface area contributed by atoms with Crippen molar-refractivity contribution in [2.45, 2.75) is 12.6 Å². The third-order valence-corrected chi connectivity index (χ3v) is 4.78. The van der Waals surface area contributed by atoms with Crippen molar-refractivity contribution < 1.29 is 19.4 Å². The quantitative estimate of drug-likeness (QED) is 0.553. The average Bonchev–Trinajstić information content (AvgIpc) is 2.79. The first kappa shape index (κ1) is 21.2. The largest absolute Gasteiger partial charge is 0.493 e. The molecular formula is C24H26N2O4. The number of nitrogens with zero attached hydrogens (tertiary/aromatic N) is 1. The van der Waals surface area contributed by atoms with Gasteiger partial charge in [0.15, 0.2) is 11.5 Å². The number of benzene rings is 3. The van der Waals surface area contributed by atoms with Crippen LogP contribution in [0.3, 0.4) is 0 Å². The highest BCUT2D eigenvalue weighted by Crippen LogP contribution is 2.35. The number of hydrogen-bond acceptors (Lipinski definition) is 4. The molecule has 0 heterocycles. The number of methoxy groups -OCH3 is 1. The smallest absolute Gasteiger partial charge is 0.408 e. The minimum absolute atomic E-state index is 0.212. The molecule has 156 valence electrons. The summed E-state index contributed by atoms with van der Waals surface area (Å²) in [6.45, 7) is 0.849. The monoisotopic (exact) mass is 406 g/mol. The van der Waals surface area contributed by atoms with E-state index in [2.05, 4.69) is 0 Å². The van der Waals surface area contributed by atoms with E-state index in [0.29, 0.717) is 18.1 Å². The summed E-state index contributed by atoms with van der Waals surface area (Å²) in [4.78, 5) is 13.3. The zero-order chi connectivity index (χ0) is 21.3. The molecule has 0 saturated carbocycles. The number of carbonyl (C=O) groups is 1. The summed E-state index contributed by atoms with van der Waals surface area (Å²) < 4.78 is 11.5. The lowest BCUT2D eigenvalue weighted by molar-refractivity contribution is 0.134. The van der Waals surface area contributed by atoms with Gasteiger partial charge in [-0.1, -0.05) is 66.7 Å². The molecule has 0 aromatic heterocycles. The summed E-state index contributed by atoms with van der Waals surface area (Å²) in [6.07, 6.45) is -1.03. The van der Waals surface area contributed by atoms with E-state index in [-0.39, 0.29) is 13.1 Å². The van der Waals surface area contributed by atoms with Crippen LogP contribution < -0.4 is 15.2 Å². The molecule has 0 aliphatic carbocycles. The summed E-state index contributed by atoms with van der Waals surface area (Å²) in [5.74, 6) is 1.14. The Morgan fingerprint density at radius 2 is 1.63 bits per heavy atom. The van der Waals surface area contributed by atoms with Gasteiger partial charge in [-0.2, -0.15) is 0 Å².